The van der Waals surface area contributed by atoms with Gasteiger partial charge < -0.3 is 0 Å². The van der Waals surface area contributed by atoms with E-state index in [2.05, 4.69) is 121 Å². The maximum Gasteiger partial charge on any atom is -0.00921 e. The van der Waals surface area contributed by atoms with Gasteiger partial charge in [-0.2, -0.15) is 0 Å². The molecule has 34 heavy (non-hydrogen) atoms. The summed E-state index contributed by atoms with van der Waals surface area (Å²) in [5.74, 6) is 0. The lowest BCUT2D eigenvalue weighted by Crippen LogP contribution is -1.93. The molecule has 0 heterocycles. The van der Waals surface area contributed by atoms with Gasteiger partial charge in [0, 0.05) is 0 Å². The third-order valence-electron chi connectivity index (χ3n) is 7.53. The lowest BCUT2D eigenvalue weighted by molar-refractivity contribution is 1.61. The van der Waals surface area contributed by atoms with Gasteiger partial charge in [-0.3, -0.25) is 0 Å². The Bertz CT molecular complexity index is 1830. The van der Waals surface area contributed by atoms with Crippen molar-refractivity contribution in [3.8, 4) is 22.3 Å². The predicted octanol–water partition coefficient (Wildman–Crippen LogP) is 9.66. The summed E-state index contributed by atoms with van der Waals surface area (Å²) >= 11 is 0. The fourth-order valence-corrected chi connectivity index (χ4v) is 5.81. The Hall–Kier alpha value is -4.42. The average molecular weight is 429 g/mol. The second-order valence-corrected chi connectivity index (χ2v) is 9.36. The summed E-state index contributed by atoms with van der Waals surface area (Å²) in [7, 11) is 0. The van der Waals surface area contributed by atoms with Crippen LogP contribution in [0, 0.1) is 0 Å². The molecule has 0 unspecified atom stereocenters. The summed E-state index contributed by atoms with van der Waals surface area (Å²) in [6.07, 6.45) is 0. The molecule has 0 saturated carbocycles. The van der Waals surface area contributed by atoms with Gasteiger partial charge in [0.25, 0.3) is 0 Å². The van der Waals surface area contributed by atoms with Crippen molar-refractivity contribution in [2.45, 2.75) is 0 Å². The van der Waals surface area contributed by atoms with E-state index in [4.69, 9.17) is 0 Å². The molecule has 0 saturated heterocycles. The van der Waals surface area contributed by atoms with Crippen molar-refractivity contribution in [3.05, 3.63) is 121 Å². The Morgan fingerprint density at radius 2 is 0.588 bits per heavy atom. The molecule has 0 nitrogen and oxygen atoms in total. The highest BCUT2D eigenvalue weighted by Crippen LogP contribution is 2.47. The summed E-state index contributed by atoms with van der Waals surface area (Å²) in [4.78, 5) is 0. The first-order valence-electron chi connectivity index (χ1n) is 11.9. The van der Waals surface area contributed by atoms with E-state index in [1.54, 1.807) is 0 Å². The fraction of sp³-hybridized carbons (Fsp3) is 0. The van der Waals surface area contributed by atoms with Gasteiger partial charge in [0.1, 0.15) is 0 Å². The standard InChI is InChI=1S/C34H20/c1-3-9-21(10-4-1)25-17-29-30(18-26(25)22-11-5-2-6-12-22)34-20-32-28-16-24-14-8-7-13-23(24)15-27(28)31(32)19-33(29)34/h1-20H. The zero-order chi connectivity index (χ0) is 22.2. The molecule has 0 aliphatic rings. The molecule has 0 radical (unpaired) electrons. The predicted molar refractivity (Wildman–Crippen MR) is 147 cm³/mol. The number of hydrogen-bond donors (Lipinski definition) is 0. The minimum absolute atomic E-state index is 1.26. The van der Waals surface area contributed by atoms with E-state index in [0.717, 1.165) is 0 Å². The molecule has 8 rings (SSSR count). The largest absolute Gasteiger partial charge is 0.0622 e. The van der Waals surface area contributed by atoms with Gasteiger partial charge in [-0.25, -0.2) is 0 Å². The van der Waals surface area contributed by atoms with Crippen LogP contribution in [0.25, 0.3) is 76.1 Å². The van der Waals surface area contributed by atoms with Gasteiger partial charge in [0.15, 0.2) is 0 Å². The van der Waals surface area contributed by atoms with Crippen molar-refractivity contribution in [3.63, 3.8) is 0 Å². The lowest BCUT2D eigenvalue weighted by atomic mass is 9.82. The lowest BCUT2D eigenvalue weighted by Gasteiger charge is -2.21. The van der Waals surface area contributed by atoms with Crippen LogP contribution >= 0.6 is 0 Å². The van der Waals surface area contributed by atoms with E-state index < -0.39 is 0 Å². The summed E-state index contributed by atoms with van der Waals surface area (Å²) in [5.41, 5.74) is 5.12. The van der Waals surface area contributed by atoms with Gasteiger partial charge in [-0.1, -0.05) is 84.9 Å². The molecule has 0 N–H and O–H groups in total. The normalized spacial score (nSPS) is 12.1. The van der Waals surface area contributed by atoms with E-state index in [0.29, 0.717) is 0 Å². The second-order valence-electron chi connectivity index (χ2n) is 9.36. The Labute approximate surface area is 197 Å². The van der Waals surface area contributed by atoms with E-state index in [1.807, 2.05) is 0 Å². The third-order valence-corrected chi connectivity index (χ3v) is 7.53. The highest BCUT2D eigenvalue weighted by atomic mass is 14.2. The van der Waals surface area contributed by atoms with Crippen LogP contribution in [0.1, 0.15) is 0 Å². The van der Waals surface area contributed by atoms with Crippen LogP contribution in [-0.4, -0.2) is 0 Å². The topological polar surface area (TPSA) is 0 Å². The fourth-order valence-electron chi connectivity index (χ4n) is 5.81. The van der Waals surface area contributed by atoms with Crippen molar-refractivity contribution in [1.82, 2.24) is 0 Å². The molecule has 0 heteroatoms. The van der Waals surface area contributed by atoms with Crippen LogP contribution in [0.15, 0.2) is 121 Å². The molecule has 0 amide bonds. The molecular formula is C34H20. The van der Waals surface area contributed by atoms with Crippen molar-refractivity contribution >= 4 is 53.9 Å². The summed E-state index contributed by atoms with van der Waals surface area (Å²) in [6, 6.07) is 44.6. The molecular weight excluding hydrogens is 408 g/mol. The Morgan fingerprint density at radius 3 is 1.00 bits per heavy atom. The van der Waals surface area contributed by atoms with E-state index in [-0.39, 0.29) is 0 Å². The van der Waals surface area contributed by atoms with Crippen LogP contribution in [0.3, 0.4) is 0 Å². The number of benzene rings is 6. The number of fused-ring (bicyclic) bond motifs is 9. The first-order chi connectivity index (χ1) is 16.8. The molecule has 0 aliphatic carbocycles. The van der Waals surface area contributed by atoms with E-state index in [1.165, 1.54) is 76.1 Å². The van der Waals surface area contributed by atoms with Crippen LogP contribution in [-0.2, 0) is 0 Å². The summed E-state index contributed by atoms with van der Waals surface area (Å²) in [5, 5.41) is 13.7. The van der Waals surface area contributed by atoms with Crippen LogP contribution in [0.2, 0.25) is 0 Å². The maximum absolute atomic E-state index is 2.42. The zero-order valence-electron chi connectivity index (χ0n) is 18.5. The molecule has 0 bridgehead atoms. The smallest absolute Gasteiger partial charge is 0.00921 e. The summed E-state index contributed by atoms with van der Waals surface area (Å²) in [6.45, 7) is 0. The maximum atomic E-state index is 2.42. The SMILES string of the molecule is c1ccc(-c2cc3c(cc2-c2ccccc2)c2cc4c5cc6ccccc6cc5c4cc32)cc1. The van der Waals surface area contributed by atoms with Gasteiger partial charge >= 0.3 is 0 Å². The Kier molecular flexibility index (Phi) is 3.48. The molecule has 8 aromatic rings. The number of rotatable bonds is 2. The Morgan fingerprint density at radius 1 is 0.265 bits per heavy atom. The quantitative estimate of drug-likeness (QED) is 0.257. The van der Waals surface area contributed by atoms with Crippen LogP contribution < -0.4 is 0 Å². The second kappa shape index (κ2) is 6.56. The van der Waals surface area contributed by atoms with Crippen molar-refractivity contribution in [1.29, 1.82) is 0 Å². The molecule has 0 fully saturated rings. The molecule has 156 valence electrons. The monoisotopic (exact) mass is 428 g/mol. The molecule has 0 spiro atoms. The van der Waals surface area contributed by atoms with Crippen molar-refractivity contribution in [2.24, 2.45) is 0 Å². The van der Waals surface area contributed by atoms with E-state index in [9.17, 15) is 0 Å². The van der Waals surface area contributed by atoms with Crippen LogP contribution in [0.4, 0.5) is 0 Å². The minimum Gasteiger partial charge on any atom is -0.0622 e. The van der Waals surface area contributed by atoms with Gasteiger partial charge in [0.05, 0.1) is 0 Å². The molecule has 0 atom stereocenters. The molecule has 0 aliphatic heterocycles. The van der Waals surface area contributed by atoms with Gasteiger partial charge in [0.2, 0.25) is 0 Å². The molecule has 0 aromatic heterocycles. The highest BCUT2D eigenvalue weighted by molar-refractivity contribution is 6.36. The zero-order valence-corrected chi connectivity index (χ0v) is 18.5. The minimum atomic E-state index is 1.26. The first-order valence-corrected chi connectivity index (χ1v) is 11.9. The van der Waals surface area contributed by atoms with Gasteiger partial charge in [-0.15, -0.1) is 0 Å². The Balaban J connectivity index is 1.43. The highest BCUT2D eigenvalue weighted by Gasteiger charge is 2.19. The van der Waals surface area contributed by atoms with Crippen molar-refractivity contribution < 1.29 is 0 Å². The number of hydrogen-bond acceptors (Lipinski definition) is 0. The third kappa shape index (κ3) is 2.37. The van der Waals surface area contributed by atoms with Gasteiger partial charge in [-0.05, 0) is 113 Å². The first kappa shape index (κ1) is 18.1. The molecule has 8 aromatic carbocycles. The van der Waals surface area contributed by atoms with Crippen LogP contribution in [0.5, 0.6) is 0 Å². The summed E-state index contributed by atoms with van der Waals surface area (Å²) < 4.78 is 0. The average Bonchev–Trinajstić information content (AvgIpc) is 2.90. The van der Waals surface area contributed by atoms with Crippen molar-refractivity contribution in [2.75, 3.05) is 0 Å². The van der Waals surface area contributed by atoms with E-state index >= 15 is 0 Å².